The van der Waals surface area contributed by atoms with Crippen molar-refractivity contribution in [2.24, 2.45) is 5.92 Å². The monoisotopic (exact) mass is 254 g/mol. The van der Waals surface area contributed by atoms with E-state index in [2.05, 4.69) is 10.6 Å². The average molecular weight is 255 g/mol. The molecule has 0 spiro atoms. The summed E-state index contributed by atoms with van der Waals surface area (Å²) in [6.45, 7) is 2.50. The first kappa shape index (κ1) is 14.0. The summed E-state index contributed by atoms with van der Waals surface area (Å²) < 4.78 is 0. The summed E-state index contributed by atoms with van der Waals surface area (Å²) in [6, 6.07) is 10.0. The van der Waals surface area contributed by atoms with Gasteiger partial charge < -0.3 is 10.6 Å². The van der Waals surface area contributed by atoms with E-state index in [9.17, 15) is 4.79 Å². The molecule has 1 heterocycles. The predicted octanol–water partition coefficient (Wildman–Crippen LogP) is 1.72. The number of rotatable bonds is 3. The minimum atomic E-state index is 0. The Morgan fingerprint density at radius 2 is 2.12 bits per heavy atom. The van der Waals surface area contributed by atoms with E-state index >= 15 is 0 Å². The van der Waals surface area contributed by atoms with E-state index in [4.69, 9.17) is 0 Å². The van der Waals surface area contributed by atoms with Gasteiger partial charge in [-0.15, -0.1) is 12.4 Å². The molecule has 0 bridgehead atoms. The Kier molecular flexibility index (Phi) is 6.01. The van der Waals surface area contributed by atoms with E-state index in [-0.39, 0.29) is 24.2 Å². The van der Waals surface area contributed by atoms with Crippen LogP contribution in [0.3, 0.4) is 0 Å². The number of hydrogen-bond donors (Lipinski definition) is 2. The van der Waals surface area contributed by atoms with Crippen LogP contribution >= 0.6 is 12.4 Å². The summed E-state index contributed by atoms with van der Waals surface area (Å²) in [5.41, 5.74) is 1.15. The molecule has 0 unspecified atom stereocenters. The van der Waals surface area contributed by atoms with E-state index in [0.717, 1.165) is 31.5 Å². The summed E-state index contributed by atoms with van der Waals surface area (Å²) in [6.07, 6.45) is 2.11. The van der Waals surface area contributed by atoms with Crippen molar-refractivity contribution < 1.29 is 4.79 Å². The van der Waals surface area contributed by atoms with Crippen molar-refractivity contribution in [2.45, 2.75) is 19.4 Å². The summed E-state index contributed by atoms with van der Waals surface area (Å²) in [5, 5.41) is 6.24. The number of carbonyl (C=O) groups excluding carboxylic acids is 1. The van der Waals surface area contributed by atoms with Gasteiger partial charge in [0.05, 0.1) is 5.92 Å². The predicted molar refractivity (Wildman–Crippen MR) is 71.1 cm³/mol. The molecule has 2 rings (SSSR count). The number of benzene rings is 1. The molecule has 0 radical (unpaired) electrons. The average Bonchev–Trinajstić information content (AvgIpc) is 2.38. The van der Waals surface area contributed by atoms with Crippen molar-refractivity contribution in [3.63, 3.8) is 0 Å². The Labute approximate surface area is 108 Å². The van der Waals surface area contributed by atoms with Crippen molar-refractivity contribution in [1.82, 2.24) is 10.6 Å². The number of carbonyl (C=O) groups is 1. The molecule has 3 nitrogen and oxygen atoms in total. The standard InChI is InChI=1S/C13H18N2O.ClH/c16-13(12-7-4-8-14-10-12)15-9-11-5-2-1-3-6-11;/h1-3,5-6,12,14H,4,7-10H2,(H,15,16);1H/t12-;/m1./s1. The highest BCUT2D eigenvalue weighted by atomic mass is 35.5. The normalized spacial score (nSPS) is 19.2. The Morgan fingerprint density at radius 1 is 1.35 bits per heavy atom. The van der Waals surface area contributed by atoms with Gasteiger partial charge in [-0.2, -0.15) is 0 Å². The van der Waals surface area contributed by atoms with E-state index in [1.807, 2.05) is 30.3 Å². The molecule has 94 valence electrons. The number of piperidine rings is 1. The van der Waals surface area contributed by atoms with Crippen LogP contribution in [-0.2, 0) is 11.3 Å². The molecule has 1 atom stereocenters. The molecule has 4 heteroatoms. The Balaban J connectivity index is 0.00000144. The van der Waals surface area contributed by atoms with Gasteiger partial charge in [-0.3, -0.25) is 4.79 Å². The molecular formula is C13H19ClN2O. The van der Waals surface area contributed by atoms with Crippen LogP contribution in [0.2, 0.25) is 0 Å². The molecule has 1 fully saturated rings. The van der Waals surface area contributed by atoms with E-state index in [1.165, 1.54) is 0 Å². The van der Waals surface area contributed by atoms with E-state index in [1.54, 1.807) is 0 Å². The second-order valence-corrected chi connectivity index (χ2v) is 4.25. The van der Waals surface area contributed by atoms with Crippen LogP contribution in [0.25, 0.3) is 0 Å². The molecule has 2 N–H and O–H groups in total. The minimum Gasteiger partial charge on any atom is -0.352 e. The fourth-order valence-electron chi connectivity index (χ4n) is 2.00. The molecule has 17 heavy (non-hydrogen) atoms. The molecule has 1 amide bonds. The van der Waals surface area contributed by atoms with Crippen LogP contribution in [0.15, 0.2) is 30.3 Å². The Bertz CT molecular complexity index is 337. The van der Waals surface area contributed by atoms with Crippen LogP contribution in [0.5, 0.6) is 0 Å². The number of halogens is 1. The van der Waals surface area contributed by atoms with Crippen molar-refractivity contribution in [3.8, 4) is 0 Å². The van der Waals surface area contributed by atoms with E-state index < -0.39 is 0 Å². The zero-order chi connectivity index (χ0) is 11.2. The third-order valence-electron chi connectivity index (χ3n) is 2.98. The smallest absolute Gasteiger partial charge is 0.224 e. The van der Waals surface area contributed by atoms with Gasteiger partial charge in [0.15, 0.2) is 0 Å². The molecule has 0 aliphatic carbocycles. The molecule has 1 saturated heterocycles. The lowest BCUT2D eigenvalue weighted by molar-refractivity contribution is -0.125. The van der Waals surface area contributed by atoms with E-state index in [0.29, 0.717) is 6.54 Å². The van der Waals surface area contributed by atoms with Gasteiger partial charge in [0.25, 0.3) is 0 Å². The second-order valence-electron chi connectivity index (χ2n) is 4.25. The van der Waals surface area contributed by atoms with Crippen LogP contribution in [0, 0.1) is 5.92 Å². The Morgan fingerprint density at radius 3 is 2.76 bits per heavy atom. The zero-order valence-corrected chi connectivity index (χ0v) is 10.6. The molecule has 0 aromatic heterocycles. The number of amides is 1. The summed E-state index contributed by atoms with van der Waals surface area (Å²) >= 11 is 0. The number of hydrogen-bond acceptors (Lipinski definition) is 2. The maximum absolute atomic E-state index is 11.8. The maximum Gasteiger partial charge on any atom is 0.224 e. The largest absolute Gasteiger partial charge is 0.352 e. The first-order valence-corrected chi connectivity index (χ1v) is 5.88. The lowest BCUT2D eigenvalue weighted by Crippen LogP contribution is -2.40. The highest BCUT2D eigenvalue weighted by Gasteiger charge is 2.20. The maximum atomic E-state index is 11.8. The summed E-state index contributed by atoms with van der Waals surface area (Å²) in [5.74, 6) is 0.327. The van der Waals surface area contributed by atoms with Crippen LogP contribution in [0.1, 0.15) is 18.4 Å². The first-order chi connectivity index (χ1) is 7.86. The van der Waals surface area contributed by atoms with Gasteiger partial charge in [-0.05, 0) is 24.9 Å². The van der Waals surface area contributed by atoms with Gasteiger partial charge in [-0.25, -0.2) is 0 Å². The lowest BCUT2D eigenvalue weighted by atomic mass is 9.99. The van der Waals surface area contributed by atoms with Gasteiger partial charge >= 0.3 is 0 Å². The molecule has 1 aromatic carbocycles. The zero-order valence-electron chi connectivity index (χ0n) is 9.82. The van der Waals surface area contributed by atoms with Crippen molar-refractivity contribution in [2.75, 3.05) is 13.1 Å². The van der Waals surface area contributed by atoms with Crippen LogP contribution in [0.4, 0.5) is 0 Å². The third-order valence-corrected chi connectivity index (χ3v) is 2.98. The van der Waals surface area contributed by atoms with Gasteiger partial charge in [0.1, 0.15) is 0 Å². The third kappa shape index (κ3) is 4.36. The van der Waals surface area contributed by atoms with Gasteiger partial charge in [0, 0.05) is 13.1 Å². The van der Waals surface area contributed by atoms with Crippen LogP contribution in [-0.4, -0.2) is 19.0 Å². The fourth-order valence-corrected chi connectivity index (χ4v) is 2.00. The van der Waals surface area contributed by atoms with Gasteiger partial charge in [-0.1, -0.05) is 30.3 Å². The fraction of sp³-hybridized carbons (Fsp3) is 0.462. The molecule has 1 aliphatic rings. The molecule has 1 aromatic rings. The van der Waals surface area contributed by atoms with Crippen molar-refractivity contribution in [3.05, 3.63) is 35.9 Å². The topological polar surface area (TPSA) is 41.1 Å². The quantitative estimate of drug-likeness (QED) is 0.863. The van der Waals surface area contributed by atoms with Gasteiger partial charge in [0.2, 0.25) is 5.91 Å². The minimum absolute atomic E-state index is 0. The summed E-state index contributed by atoms with van der Waals surface area (Å²) in [4.78, 5) is 11.8. The van der Waals surface area contributed by atoms with Crippen molar-refractivity contribution >= 4 is 18.3 Å². The highest BCUT2D eigenvalue weighted by Crippen LogP contribution is 2.10. The number of nitrogens with one attached hydrogen (secondary N) is 2. The van der Waals surface area contributed by atoms with Crippen molar-refractivity contribution in [1.29, 1.82) is 0 Å². The highest BCUT2D eigenvalue weighted by molar-refractivity contribution is 5.85. The molecular weight excluding hydrogens is 236 g/mol. The molecule has 0 saturated carbocycles. The Hall–Kier alpha value is -1.06. The molecule has 1 aliphatic heterocycles. The second kappa shape index (κ2) is 7.30. The summed E-state index contributed by atoms with van der Waals surface area (Å²) in [7, 11) is 0. The van der Waals surface area contributed by atoms with Crippen LogP contribution < -0.4 is 10.6 Å². The SMILES string of the molecule is Cl.O=C(NCc1ccccc1)[C@@H]1CCCNC1. The lowest BCUT2D eigenvalue weighted by Gasteiger charge is -2.21. The first-order valence-electron chi connectivity index (χ1n) is 5.88.